The van der Waals surface area contributed by atoms with E-state index in [0.29, 0.717) is 0 Å². The Kier molecular flexibility index (Phi) is 2.81. The van der Waals surface area contributed by atoms with Gasteiger partial charge in [0, 0.05) is 11.8 Å². The van der Waals surface area contributed by atoms with Crippen molar-refractivity contribution in [1.82, 2.24) is 4.98 Å². The van der Waals surface area contributed by atoms with Crippen LogP contribution in [-0.2, 0) is 6.42 Å². The number of fused-ring (bicyclic) bond motifs is 1. The molecule has 1 heterocycles. The molecule has 88 valence electrons. The van der Waals surface area contributed by atoms with Gasteiger partial charge in [-0.1, -0.05) is 49.4 Å². The molecule has 0 saturated heterocycles. The smallest absolute Gasteiger partial charge is 0.0708 e. The lowest BCUT2D eigenvalue weighted by Gasteiger charge is -2.10. The van der Waals surface area contributed by atoms with Gasteiger partial charge in [0.25, 0.3) is 0 Å². The van der Waals surface area contributed by atoms with E-state index in [1.165, 1.54) is 21.9 Å². The quantitative estimate of drug-likeness (QED) is 0.636. The van der Waals surface area contributed by atoms with Gasteiger partial charge in [-0.15, -0.1) is 0 Å². The maximum Gasteiger partial charge on any atom is 0.0708 e. The first-order valence-electron chi connectivity index (χ1n) is 6.32. The topological polar surface area (TPSA) is 12.9 Å². The number of hydrogen-bond acceptors (Lipinski definition) is 1. The Morgan fingerprint density at radius 1 is 0.889 bits per heavy atom. The first kappa shape index (κ1) is 11.0. The summed E-state index contributed by atoms with van der Waals surface area (Å²) >= 11 is 0. The van der Waals surface area contributed by atoms with E-state index >= 15 is 0 Å². The standard InChI is InChI=1S/C17H15N/c1-2-13-7-5-8-14-9-6-10-15(17(13)14)16-11-3-4-12-18-16/h3-12H,2H2,1H3. The molecule has 0 amide bonds. The summed E-state index contributed by atoms with van der Waals surface area (Å²) in [6, 6.07) is 19.0. The zero-order valence-electron chi connectivity index (χ0n) is 10.4. The van der Waals surface area contributed by atoms with Crippen molar-refractivity contribution in [3.63, 3.8) is 0 Å². The summed E-state index contributed by atoms with van der Waals surface area (Å²) in [7, 11) is 0. The van der Waals surface area contributed by atoms with Crippen LogP contribution in [-0.4, -0.2) is 4.98 Å². The number of aryl methyl sites for hydroxylation is 1. The molecule has 0 bridgehead atoms. The molecule has 1 heteroatoms. The Bertz CT molecular complexity index is 666. The molecule has 0 aliphatic carbocycles. The molecule has 0 N–H and O–H groups in total. The van der Waals surface area contributed by atoms with E-state index in [9.17, 15) is 0 Å². The van der Waals surface area contributed by atoms with E-state index in [-0.39, 0.29) is 0 Å². The van der Waals surface area contributed by atoms with Gasteiger partial charge in [-0.05, 0) is 34.9 Å². The molecule has 0 spiro atoms. The number of rotatable bonds is 2. The van der Waals surface area contributed by atoms with Crippen molar-refractivity contribution in [2.24, 2.45) is 0 Å². The molecule has 0 atom stereocenters. The van der Waals surface area contributed by atoms with Crippen molar-refractivity contribution in [2.75, 3.05) is 0 Å². The number of nitrogens with zero attached hydrogens (tertiary/aromatic N) is 1. The minimum atomic E-state index is 1.04. The van der Waals surface area contributed by atoms with E-state index in [4.69, 9.17) is 0 Å². The van der Waals surface area contributed by atoms with Gasteiger partial charge in [-0.2, -0.15) is 0 Å². The fraction of sp³-hybridized carbons (Fsp3) is 0.118. The number of pyridine rings is 1. The van der Waals surface area contributed by atoms with E-state index in [1.807, 2.05) is 18.3 Å². The normalized spacial score (nSPS) is 10.7. The molecule has 1 nitrogen and oxygen atoms in total. The van der Waals surface area contributed by atoms with E-state index < -0.39 is 0 Å². The average molecular weight is 233 g/mol. The van der Waals surface area contributed by atoms with Crippen LogP contribution in [0.4, 0.5) is 0 Å². The van der Waals surface area contributed by atoms with Crippen LogP contribution in [0, 0.1) is 0 Å². The van der Waals surface area contributed by atoms with Gasteiger partial charge in [0.1, 0.15) is 0 Å². The van der Waals surface area contributed by atoms with Crippen molar-refractivity contribution in [3.8, 4) is 11.3 Å². The van der Waals surface area contributed by atoms with Crippen LogP contribution in [0.15, 0.2) is 60.8 Å². The van der Waals surface area contributed by atoms with Crippen LogP contribution >= 0.6 is 0 Å². The van der Waals surface area contributed by atoms with Crippen LogP contribution in [0.2, 0.25) is 0 Å². The molecule has 0 fully saturated rings. The highest BCUT2D eigenvalue weighted by Gasteiger charge is 2.07. The summed E-state index contributed by atoms with van der Waals surface area (Å²) < 4.78 is 0. The highest BCUT2D eigenvalue weighted by Crippen LogP contribution is 2.30. The third kappa shape index (κ3) is 1.78. The van der Waals surface area contributed by atoms with Gasteiger partial charge in [-0.3, -0.25) is 4.98 Å². The zero-order chi connectivity index (χ0) is 12.4. The summed E-state index contributed by atoms with van der Waals surface area (Å²) in [4.78, 5) is 4.47. The molecule has 0 unspecified atom stereocenters. The monoisotopic (exact) mass is 233 g/mol. The SMILES string of the molecule is CCc1cccc2cccc(-c3ccccn3)c12. The number of benzene rings is 2. The minimum Gasteiger partial charge on any atom is -0.256 e. The third-order valence-corrected chi connectivity index (χ3v) is 3.31. The maximum atomic E-state index is 4.47. The lowest BCUT2D eigenvalue weighted by Crippen LogP contribution is -1.89. The summed E-state index contributed by atoms with van der Waals surface area (Å²) in [6.45, 7) is 2.20. The summed E-state index contributed by atoms with van der Waals surface area (Å²) in [5.74, 6) is 0. The summed E-state index contributed by atoms with van der Waals surface area (Å²) in [5, 5.41) is 2.62. The fourth-order valence-corrected chi connectivity index (χ4v) is 2.45. The van der Waals surface area contributed by atoms with Crippen molar-refractivity contribution >= 4 is 10.8 Å². The number of hydrogen-bond donors (Lipinski definition) is 0. The van der Waals surface area contributed by atoms with Crippen LogP contribution < -0.4 is 0 Å². The Balaban J connectivity index is 2.36. The van der Waals surface area contributed by atoms with Crippen LogP contribution in [0.3, 0.4) is 0 Å². The average Bonchev–Trinajstić information content (AvgIpc) is 2.47. The zero-order valence-corrected chi connectivity index (χ0v) is 10.4. The molecular formula is C17H15N. The molecule has 1 aromatic heterocycles. The predicted octanol–water partition coefficient (Wildman–Crippen LogP) is 4.46. The second kappa shape index (κ2) is 4.61. The highest BCUT2D eigenvalue weighted by atomic mass is 14.7. The molecule has 0 aliphatic heterocycles. The van der Waals surface area contributed by atoms with Crippen molar-refractivity contribution < 1.29 is 0 Å². The van der Waals surface area contributed by atoms with Gasteiger partial charge < -0.3 is 0 Å². The van der Waals surface area contributed by atoms with Crippen LogP contribution in [0.1, 0.15) is 12.5 Å². The number of aromatic nitrogens is 1. The van der Waals surface area contributed by atoms with Gasteiger partial charge in [-0.25, -0.2) is 0 Å². The van der Waals surface area contributed by atoms with Crippen molar-refractivity contribution in [2.45, 2.75) is 13.3 Å². The molecular weight excluding hydrogens is 218 g/mol. The Morgan fingerprint density at radius 2 is 1.72 bits per heavy atom. The second-order valence-electron chi connectivity index (χ2n) is 4.39. The molecule has 2 aromatic carbocycles. The van der Waals surface area contributed by atoms with Crippen LogP contribution in [0.5, 0.6) is 0 Å². The van der Waals surface area contributed by atoms with E-state index in [1.54, 1.807) is 0 Å². The third-order valence-electron chi connectivity index (χ3n) is 3.31. The minimum absolute atomic E-state index is 1.04. The van der Waals surface area contributed by atoms with Gasteiger partial charge in [0.15, 0.2) is 0 Å². The van der Waals surface area contributed by atoms with Crippen molar-refractivity contribution in [1.29, 1.82) is 0 Å². The molecule has 3 aromatic rings. The Morgan fingerprint density at radius 3 is 2.44 bits per heavy atom. The fourth-order valence-electron chi connectivity index (χ4n) is 2.45. The molecule has 3 rings (SSSR count). The molecule has 18 heavy (non-hydrogen) atoms. The first-order chi connectivity index (χ1) is 8.90. The highest BCUT2D eigenvalue weighted by molar-refractivity contribution is 5.98. The van der Waals surface area contributed by atoms with Crippen molar-refractivity contribution in [3.05, 3.63) is 66.4 Å². The van der Waals surface area contributed by atoms with Gasteiger partial charge >= 0.3 is 0 Å². The van der Waals surface area contributed by atoms with E-state index in [2.05, 4.69) is 54.4 Å². The first-order valence-corrected chi connectivity index (χ1v) is 6.32. The second-order valence-corrected chi connectivity index (χ2v) is 4.39. The Hall–Kier alpha value is -2.15. The predicted molar refractivity (Wildman–Crippen MR) is 76.6 cm³/mol. The lowest BCUT2D eigenvalue weighted by molar-refractivity contribution is 1.16. The largest absolute Gasteiger partial charge is 0.256 e. The van der Waals surface area contributed by atoms with E-state index in [0.717, 1.165) is 12.1 Å². The van der Waals surface area contributed by atoms with Gasteiger partial charge in [0.05, 0.1) is 5.69 Å². The maximum absolute atomic E-state index is 4.47. The Labute approximate surface area is 107 Å². The molecule has 0 aliphatic rings. The summed E-state index contributed by atoms with van der Waals surface area (Å²) in [5.41, 5.74) is 3.66. The lowest BCUT2D eigenvalue weighted by atomic mass is 9.96. The molecule has 0 saturated carbocycles. The molecule has 0 radical (unpaired) electrons. The van der Waals surface area contributed by atoms with Crippen LogP contribution in [0.25, 0.3) is 22.0 Å². The van der Waals surface area contributed by atoms with Gasteiger partial charge in [0.2, 0.25) is 0 Å². The summed E-state index contributed by atoms with van der Waals surface area (Å²) in [6.07, 6.45) is 2.89.